The maximum absolute atomic E-state index is 13.0. The first-order valence-corrected chi connectivity index (χ1v) is 10.5. The Labute approximate surface area is 177 Å². The number of carbonyl (C=O) groups is 2. The molecule has 0 spiro atoms. The van der Waals surface area contributed by atoms with Gasteiger partial charge in [0.15, 0.2) is 0 Å². The zero-order chi connectivity index (χ0) is 20.5. The second-order valence-corrected chi connectivity index (χ2v) is 8.27. The van der Waals surface area contributed by atoms with E-state index in [9.17, 15) is 9.59 Å². The number of fused-ring (bicyclic) bond motifs is 2. The number of thiophene rings is 1. The summed E-state index contributed by atoms with van der Waals surface area (Å²) in [5.74, 6) is -0.690. The zero-order valence-electron chi connectivity index (χ0n) is 16.0. The lowest BCUT2D eigenvalue weighted by molar-refractivity contribution is 0.0850. The summed E-state index contributed by atoms with van der Waals surface area (Å²) < 4.78 is 0. The average Bonchev–Trinajstić information content (AvgIpc) is 3.39. The summed E-state index contributed by atoms with van der Waals surface area (Å²) in [5, 5.41) is 0.715. The molecular weight excluding hydrogens is 396 g/mol. The van der Waals surface area contributed by atoms with Crippen LogP contribution in [-0.4, -0.2) is 21.8 Å². The quantitative estimate of drug-likeness (QED) is 0.498. The highest BCUT2D eigenvalue weighted by molar-refractivity contribution is 7.14. The molecule has 0 unspecified atom stereocenters. The number of pyridine rings is 2. The molecule has 2 amide bonds. The number of hydrogen-bond donors (Lipinski definition) is 2. The minimum Gasteiger partial charge on any atom is -0.267 e. The van der Waals surface area contributed by atoms with E-state index in [1.807, 2.05) is 42.5 Å². The third-order valence-electron chi connectivity index (χ3n) is 5.18. The van der Waals surface area contributed by atoms with Crippen LogP contribution in [0.25, 0.3) is 22.2 Å². The maximum Gasteiger partial charge on any atom is 0.279 e. The molecule has 0 radical (unpaired) electrons. The van der Waals surface area contributed by atoms with Crippen LogP contribution in [0.3, 0.4) is 0 Å². The Morgan fingerprint density at radius 2 is 1.83 bits per heavy atom. The minimum absolute atomic E-state index is 0.298. The van der Waals surface area contributed by atoms with E-state index in [0.29, 0.717) is 27.0 Å². The van der Waals surface area contributed by atoms with E-state index in [4.69, 9.17) is 0 Å². The van der Waals surface area contributed by atoms with Crippen molar-refractivity contribution in [1.82, 2.24) is 20.8 Å². The summed E-state index contributed by atoms with van der Waals surface area (Å²) in [5.41, 5.74) is 8.95. The minimum atomic E-state index is -0.392. The van der Waals surface area contributed by atoms with E-state index in [2.05, 4.69) is 20.8 Å². The molecule has 1 aliphatic rings. The molecule has 0 saturated carbocycles. The Balaban J connectivity index is 1.41. The smallest absolute Gasteiger partial charge is 0.267 e. The fourth-order valence-electron chi connectivity index (χ4n) is 3.71. The number of aryl methyl sites for hydroxylation is 2. The van der Waals surface area contributed by atoms with Crippen LogP contribution in [0.4, 0.5) is 0 Å². The van der Waals surface area contributed by atoms with Gasteiger partial charge < -0.3 is 0 Å². The molecule has 0 atom stereocenters. The number of nitrogens with zero attached hydrogens (tertiary/aromatic N) is 2. The van der Waals surface area contributed by atoms with Gasteiger partial charge in [-0.1, -0.05) is 18.2 Å². The topological polar surface area (TPSA) is 84.0 Å². The Morgan fingerprint density at radius 1 is 0.967 bits per heavy atom. The van der Waals surface area contributed by atoms with Crippen molar-refractivity contribution in [3.63, 3.8) is 0 Å². The first-order valence-electron chi connectivity index (χ1n) is 9.71. The number of amides is 2. The van der Waals surface area contributed by atoms with Gasteiger partial charge in [0.2, 0.25) is 0 Å². The predicted molar refractivity (Wildman–Crippen MR) is 116 cm³/mol. The molecule has 3 aromatic heterocycles. The second kappa shape index (κ2) is 7.68. The number of carbonyl (C=O) groups excluding carboxylic acids is 2. The molecule has 1 aliphatic carbocycles. The normalized spacial score (nSPS) is 12.5. The highest BCUT2D eigenvalue weighted by Gasteiger charge is 2.20. The summed E-state index contributed by atoms with van der Waals surface area (Å²) in [6.45, 7) is 0. The zero-order valence-corrected chi connectivity index (χ0v) is 16.8. The lowest BCUT2D eigenvalue weighted by atomic mass is 10.0. The molecule has 0 saturated heterocycles. The van der Waals surface area contributed by atoms with Crippen LogP contribution in [0, 0.1) is 0 Å². The van der Waals surface area contributed by atoms with E-state index in [1.165, 1.54) is 21.8 Å². The van der Waals surface area contributed by atoms with E-state index >= 15 is 0 Å². The van der Waals surface area contributed by atoms with Crippen molar-refractivity contribution in [2.45, 2.75) is 19.3 Å². The molecule has 1 aromatic carbocycles. The third kappa shape index (κ3) is 3.44. The standard InChI is InChI=1S/C23H18N4O2S/c28-22(26-27-23(29)21-11-14-5-3-9-20(14)30-21)17-12-19(15-6-4-10-24-13-15)25-18-8-2-1-7-16(17)18/h1-2,4,6-8,10-13H,3,5,9H2,(H,26,28)(H,27,29). The van der Waals surface area contributed by atoms with Crippen LogP contribution in [0.1, 0.15) is 36.9 Å². The van der Waals surface area contributed by atoms with Gasteiger partial charge in [-0.3, -0.25) is 25.4 Å². The second-order valence-electron chi connectivity index (χ2n) is 7.13. The van der Waals surface area contributed by atoms with Crippen LogP contribution in [-0.2, 0) is 12.8 Å². The van der Waals surface area contributed by atoms with Crippen molar-refractivity contribution in [1.29, 1.82) is 0 Å². The number of benzene rings is 1. The number of para-hydroxylation sites is 1. The van der Waals surface area contributed by atoms with Gasteiger partial charge in [0, 0.05) is 28.2 Å². The van der Waals surface area contributed by atoms with Crippen LogP contribution < -0.4 is 10.9 Å². The summed E-state index contributed by atoms with van der Waals surface area (Å²) in [4.78, 5) is 36.1. The molecule has 0 fully saturated rings. The number of hydrazine groups is 1. The van der Waals surface area contributed by atoms with Gasteiger partial charge in [-0.05, 0) is 55.2 Å². The Morgan fingerprint density at radius 3 is 2.67 bits per heavy atom. The SMILES string of the molecule is O=C(NNC(=O)c1cc(-c2cccnc2)nc2ccccc12)c1cc2c(s1)CCC2. The fraction of sp³-hybridized carbons (Fsp3) is 0.130. The maximum atomic E-state index is 13.0. The van der Waals surface area contributed by atoms with Crippen molar-refractivity contribution >= 4 is 34.1 Å². The van der Waals surface area contributed by atoms with Gasteiger partial charge in [-0.25, -0.2) is 4.98 Å². The predicted octanol–water partition coefficient (Wildman–Crippen LogP) is 3.92. The van der Waals surface area contributed by atoms with Gasteiger partial charge >= 0.3 is 0 Å². The molecule has 0 aliphatic heterocycles. The number of rotatable bonds is 3. The third-order valence-corrected chi connectivity index (χ3v) is 6.41. The molecule has 0 bridgehead atoms. The highest BCUT2D eigenvalue weighted by Crippen LogP contribution is 2.30. The molecule has 3 heterocycles. The summed E-state index contributed by atoms with van der Waals surface area (Å²) in [7, 11) is 0. The molecule has 2 N–H and O–H groups in total. The summed E-state index contributed by atoms with van der Waals surface area (Å²) in [6, 6.07) is 14.8. The molecule has 6 nitrogen and oxygen atoms in total. The van der Waals surface area contributed by atoms with Crippen molar-refractivity contribution in [3.05, 3.63) is 81.8 Å². The van der Waals surface area contributed by atoms with Gasteiger partial charge in [0.25, 0.3) is 11.8 Å². The van der Waals surface area contributed by atoms with E-state index in [-0.39, 0.29) is 5.91 Å². The summed E-state index contributed by atoms with van der Waals surface area (Å²) in [6.07, 6.45) is 6.59. The molecule has 5 rings (SSSR count). The largest absolute Gasteiger partial charge is 0.279 e. The molecule has 148 valence electrons. The van der Waals surface area contributed by atoms with Crippen molar-refractivity contribution < 1.29 is 9.59 Å². The van der Waals surface area contributed by atoms with Crippen LogP contribution >= 0.6 is 11.3 Å². The molecule has 7 heteroatoms. The molecular formula is C23H18N4O2S. The van der Waals surface area contributed by atoms with E-state index in [0.717, 1.165) is 24.8 Å². The van der Waals surface area contributed by atoms with Gasteiger partial charge in [0.05, 0.1) is 21.7 Å². The van der Waals surface area contributed by atoms with Crippen molar-refractivity contribution in [2.24, 2.45) is 0 Å². The lowest BCUT2D eigenvalue weighted by Gasteiger charge is -2.11. The van der Waals surface area contributed by atoms with Crippen molar-refractivity contribution in [3.8, 4) is 11.3 Å². The van der Waals surface area contributed by atoms with Crippen LogP contribution in [0.15, 0.2) is 60.9 Å². The average molecular weight is 414 g/mol. The first kappa shape index (κ1) is 18.4. The van der Waals surface area contributed by atoms with E-state index in [1.54, 1.807) is 18.5 Å². The highest BCUT2D eigenvalue weighted by atomic mass is 32.1. The van der Waals surface area contributed by atoms with Crippen LogP contribution in [0.2, 0.25) is 0 Å². The number of aromatic nitrogens is 2. The Kier molecular flexibility index (Phi) is 4.72. The first-order chi connectivity index (χ1) is 14.7. The Hall–Kier alpha value is -3.58. The Bertz CT molecular complexity index is 1250. The lowest BCUT2D eigenvalue weighted by Crippen LogP contribution is -2.41. The van der Waals surface area contributed by atoms with Crippen LogP contribution in [0.5, 0.6) is 0 Å². The molecule has 30 heavy (non-hydrogen) atoms. The fourth-order valence-corrected chi connectivity index (χ4v) is 4.86. The van der Waals surface area contributed by atoms with Gasteiger partial charge in [-0.2, -0.15) is 0 Å². The van der Waals surface area contributed by atoms with Crippen molar-refractivity contribution in [2.75, 3.05) is 0 Å². The monoisotopic (exact) mass is 414 g/mol. The summed E-state index contributed by atoms with van der Waals surface area (Å²) >= 11 is 1.50. The molecule has 4 aromatic rings. The van der Waals surface area contributed by atoms with Gasteiger partial charge in [0.1, 0.15) is 0 Å². The van der Waals surface area contributed by atoms with Gasteiger partial charge in [-0.15, -0.1) is 11.3 Å². The number of hydrogen-bond acceptors (Lipinski definition) is 5. The van der Waals surface area contributed by atoms with E-state index < -0.39 is 5.91 Å². The number of nitrogens with one attached hydrogen (secondary N) is 2.